The van der Waals surface area contributed by atoms with Gasteiger partial charge in [-0.1, -0.05) is 92.3 Å². The largest absolute Gasteiger partial charge is 0.303 e. The number of rotatable bonds is 11. The summed E-state index contributed by atoms with van der Waals surface area (Å²) in [5, 5.41) is 10.1. The molecular formula is C36H34Cl4N8O2. The summed E-state index contributed by atoms with van der Waals surface area (Å²) in [6.45, 7) is 12.1. The van der Waals surface area contributed by atoms with Crippen LogP contribution in [0.15, 0.2) is 64.6 Å². The Bertz CT molecular complexity index is 2040. The summed E-state index contributed by atoms with van der Waals surface area (Å²) in [5.41, 5.74) is 3.52. The molecule has 0 spiro atoms. The summed E-state index contributed by atoms with van der Waals surface area (Å²) in [6, 6.07) is 15.7. The van der Waals surface area contributed by atoms with Crippen molar-refractivity contribution < 1.29 is 9.59 Å². The zero-order valence-electron chi connectivity index (χ0n) is 27.9. The molecule has 1 atom stereocenters. The number of fused-ring (bicyclic) bond motifs is 2. The molecule has 2 aliphatic rings. The summed E-state index contributed by atoms with van der Waals surface area (Å²) in [7, 11) is 0. The van der Waals surface area contributed by atoms with E-state index in [0.717, 1.165) is 31.7 Å². The average molecular weight is 753 g/mol. The molecule has 1 aliphatic carbocycles. The first-order chi connectivity index (χ1) is 24.1. The van der Waals surface area contributed by atoms with Gasteiger partial charge in [-0.3, -0.25) is 19.4 Å². The maximum Gasteiger partial charge on any atom is 0.278 e. The summed E-state index contributed by atoms with van der Waals surface area (Å²) in [5.74, 6) is -1.06. The minimum atomic E-state index is -0.438. The molecule has 258 valence electrons. The first-order valence-electron chi connectivity index (χ1n) is 16.3. The van der Waals surface area contributed by atoms with Gasteiger partial charge in [-0.25, -0.2) is 9.98 Å². The predicted octanol–water partition coefficient (Wildman–Crippen LogP) is 8.05. The Morgan fingerprint density at radius 1 is 0.760 bits per heavy atom. The van der Waals surface area contributed by atoms with E-state index in [1.807, 2.05) is 19.9 Å². The Morgan fingerprint density at radius 2 is 1.44 bits per heavy atom. The number of amides is 1. The van der Waals surface area contributed by atoms with Crippen molar-refractivity contribution in [2.45, 2.75) is 33.6 Å². The first kappa shape index (κ1) is 36.0. The number of Topliss-reactive ketones (excluding diaryl/α,β-unsaturated/α-hetero) is 1. The van der Waals surface area contributed by atoms with Crippen molar-refractivity contribution in [3.05, 3.63) is 91.4 Å². The lowest BCUT2D eigenvalue weighted by molar-refractivity contribution is -0.114. The van der Waals surface area contributed by atoms with E-state index in [1.165, 1.54) is 0 Å². The van der Waals surface area contributed by atoms with Crippen molar-refractivity contribution in [2.75, 3.05) is 44.3 Å². The Hall–Kier alpha value is -3.77. The average Bonchev–Trinajstić information content (AvgIpc) is 3.51. The predicted molar refractivity (Wildman–Crippen MR) is 201 cm³/mol. The van der Waals surface area contributed by atoms with Crippen LogP contribution >= 0.6 is 46.4 Å². The number of carbonyl (C=O) groups is 2. The number of ketones is 1. The molecule has 1 aliphatic heterocycles. The topological polar surface area (TPSA) is 107 Å². The van der Waals surface area contributed by atoms with Crippen LogP contribution in [0.2, 0.25) is 20.1 Å². The third kappa shape index (κ3) is 6.93. The molecule has 6 rings (SSSR count). The smallest absolute Gasteiger partial charge is 0.278 e. The number of hydrogen-bond donors (Lipinski definition) is 0. The lowest BCUT2D eigenvalue weighted by atomic mass is 10.00. The number of halogens is 4. The quantitative estimate of drug-likeness (QED) is 0.153. The molecule has 10 nitrogen and oxygen atoms in total. The lowest BCUT2D eigenvalue weighted by Crippen LogP contribution is -2.41. The van der Waals surface area contributed by atoms with Crippen LogP contribution in [0.4, 0.5) is 17.5 Å². The van der Waals surface area contributed by atoms with E-state index in [2.05, 4.69) is 43.8 Å². The molecule has 0 bridgehead atoms. The van der Waals surface area contributed by atoms with Crippen molar-refractivity contribution in [3.63, 3.8) is 0 Å². The minimum absolute atomic E-state index is 0.0129. The van der Waals surface area contributed by atoms with Crippen molar-refractivity contribution in [2.24, 2.45) is 9.98 Å². The van der Waals surface area contributed by atoms with Crippen LogP contribution in [0.1, 0.15) is 50.3 Å². The highest BCUT2D eigenvalue weighted by Gasteiger charge is 2.38. The van der Waals surface area contributed by atoms with Gasteiger partial charge in [0.2, 0.25) is 0 Å². The normalized spacial score (nSPS) is 17.2. The van der Waals surface area contributed by atoms with Crippen LogP contribution in [-0.4, -0.2) is 87.5 Å². The highest BCUT2D eigenvalue weighted by Crippen LogP contribution is 2.40. The highest BCUT2D eigenvalue weighted by atomic mass is 35.5. The van der Waals surface area contributed by atoms with Gasteiger partial charge >= 0.3 is 0 Å². The molecule has 3 aromatic carbocycles. The fourth-order valence-corrected chi connectivity index (χ4v) is 6.91. The van der Waals surface area contributed by atoms with Gasteiger partial charge in [-0.15, -0.1) is 10.2 Å². The molecule has 14 heteroatoms. The number of aliphatic imine (C=N–C) groups is 2. The van der Waals surface area contributed by atoms with E-state index >= 15 is 0 Å². The fraction of sp³-hybridized carbons (Fsp3) is 0.306. The first-order valence-corrected chi connectivity index (χ1v) is 17.9. The molecule has 0 fully saturated rings. The molecular weight excluding hydrogens is 718 g/mol. The van der Waals surface area contributed by atoms with E-state index in [9.17, 15) is 9.59 Å². The monoisotopic (exact) mass is 750 g/mol. The number of carbonyl (C=O) groups excluding carboxylic acids is 2. The van der Waals surface area contributed by atoms with Gasteiger partial charge < -0.3 is 4.90 Å². The van der Waals surface area contributed by atoms with Crippen LogP contribution in [0.3, 0.4) is 0 Å². The van der Waals surface area contributed by atoms with E-state index in [0.29, 0.717) is 45.6 Å². The van der Waals surface area contributed by atoms with Crippen molar-refractivity contribution in [1.82, 2.24) is 25.0 Å². The van der Waals surface area contributed by atoms with Gasteiger partial charge in [0.15, 0.2) is 11.6 Å². The molecule has 1 unspecified atom stereocenters. The van der Waals surface area contributed by atoms with Gasteiger partial charge in [0, 0.05) is 33.3 Å². The number of hydrogen-bond acceptors (Lipinski definition) is 9. The van der Waals surface area contributed by atoms with Gasteiger partial charge in [-0.2, -0.15) is 4.98 Å². The molecule has 1 amide bonds. The van der Waals surface area contributed by atoms with Crippen LogP contribution in [0.5, 0.6) is 0 Å². The molecule has 2 heterocycles. The number of nitrogens with zero attached hydrogens (tertiary/aromatic N) is 8. The number of aromatic nitrogens is 3. The third-order valence-corrected chi connectivity index (χ3v) is 10.3. The van der Waals surface area contributed by atoms with Crippen LogP contribution in [-0.2, 0) is 9.59 Å². The SMILES string of the molecule is CCN(CC)CC1C(=O)C(=Nc2nnc(-c3cccc(Cl)c3Cl)c(N=C3C(=O)N(CN(CC)CC)c4ccc(Cl)cc43)n2)c2cc(Cl)ccc21. The summed E-state index contributed by atoms with van der Waals surface area (Å²) < 4.78 is 0. The van der Waals surface area contributed by atoms with Crippen LogP contribution in [0, 0.1) is 0 Å². The second-order valence-corrected chi connectivity index (χ2v) is 13.4. The van der Waals surface area contributed by atoms with Crippen molar-refractivity contribution in [3.8, 4) is 11.3 Å². The molecule has 0 saturated heterocycles. The maximum atomic E-state index is 14.1. The van der Waals surface area contributed by atoms with E-state index < -0.39 is 5.92 Å². The Balaban J connectivity index is 1.52. The van der Waals surface area contributed by atoms with Gasteiger partial charge in [0.25, 0.3) is 11.9 Å². The number of likely N-dealkylation sites (N-methyl/N-ethyl adjacent to an activating group) is 1. The van der Waals surface area contributed by atoms with Crippen molar-refractivity contribution >= 4 is 87.0 Å². The maximum absolute atomic E-state index is 14.1. The second-order valence-electron chi connectivity index (χ2n) is 11.8. The van der Waals surface area contributed by atoms with E-state index in [1.54, 1.807) is 53.4 Å². The Labute approximate surface area is 310 Å². The molecule has 0 saturated carbocycles. The summed E-state index contributed by atoms with van der Waals surface area (Å²) in [6.07, 6.45) is 0. The summed E-state index contributed by atoms with van der Waals surface area (Å²) in [4.78, 5) is 48.2. The zero-order chi connectivity index (χ0) is 35.7. The lowest BCUT2D eigenvalue weighted by Gasteiger charge is -2.25. The fourth-order valence-electron chi connectivity index (χ4n) is 6.17. The third-order valence-electron chi connectivity index (χ3n) is 9.01. The van der Waals surface area contributed by atoms with E-state index in [-0.39, 0.29) is 50.6 Å². The minimum Gasteiger partial charge on any atom is -0.303 e. The number of benzene rings is 3. The summed E-state index contributed by atoms with van der Waals surface area (Å²) >= 11 is 25.9. The van der Waals surface area contributed by atoms with Crippen LogP contribution < -0.4 is 4.90 Å². The zero-order valence-corrected chi connectivity index (χ0v) is 30.9. The van der Waals surface area contributed by atoms with Gasteiger partial charge in [-0.05, 0) is 68.1 Å². The van der Waals surface area contributed by atoms with Gasteiger partial charge in [0.05, 0.1) is 28.3 Å². The van der Waals surface area contributed by atoms with Crippen molar-refractivity contribution in [1.29, 1.82) is 0 Å². The molecule has 1 aromatic heterocycles. The molecule has 0 N–H and O–H groups in total. The van der Waals surface area contributed by atoms with E-state index in [4.69, 9.17) is 51.4 Å². The molecule has 4 aromatic rings. The number of anilines is 1. The Kier molecular flexibility index (Phi) is 11.0. The van der Waals surface area contributed by atoms with Crippen LogP contribution in [0.25, 0.3) is 11.3 Å². The standard InChI is InChI=1S/C36H34Cl4N8O2/c1-5-46(6-2)18-26-22-14-12-20(37)16-24(22)30(33(26)49)42-36-43-34(31(44-45-36)23-10-9-11-27(39)29(23)40)41-32-25-17-21(38)13-15-28(25)48(35(32)50)19-47(7-3)8-4/h9-17,26H,5-8,18-19H2,1-4H3. The van der Waals surface area contributed by atoms with Gasteiger partial charge in [0.1, 0.15) is 17.1 Å². The molecule has 0 radical (unpaired) electrons. The Morgan fingerprint density at radius 3 is 2.14 bits per heavy atom. The molecule has 50 heavy (non-hydrogen) atoms. The second kappa shape index (κ2) is 15.2. The highest BCUT2D eigenvalue weighted by molar-refractivity contribution is 6.55.